The third kappa shape index (κ3) is 5.68. The van der Waals surface area contributed by atoms with Gasteiger partial charge in [0.25, 0.3) is 0 Å². The molecule has 1 aliphatic rings. The summed E-state index contributed by atoms with van der Waals surface area (Å²) < 4.78 is 0. The van der Waals surface area contributed by atoms with E-state index < -0.39 is 5.66 Å². The summed E-state index contributed by atoms with van der Waals surface area (Å²) in [4.78, 5) is 15.3. The lowest BCUT2D eigenvalue weighted by Crippen LogP contribution is -2.24. The summed E-state index contributed by atoms with van der Waals surface area (Å²) in [6.45, 7) is 7.53. The molecule has 20 heavy (non-hydrogen) atoms. The maximum absolute atomic E-state index is 11.1. The minimum atomic E-state index is -0.796. The second-order valence-electron chi connectivity index (χ2n) is 6.02. The molecule has 1 rings (SSSR count). The fourth-order valence-electron chi connectivity index (χ4n) is 1.78. The molecule has 0 aliphatic heterocycles. The number of ketones is 1. The van der Waals surface area contributed by atoms with Crippen molar-refractivity contribution in [1.82, 2.24) is 0 Å². The molecule has 108 valence electrons. The van der Waals surface area contributed by atoms with Crippen LogP contribution in [0.2, 0.25) is 0 Å². The maximum atomic E-state index is 11.1. The molecular formula is C15H21N3OS. The number of carbonyl (C=O) groups is 1. The summed E-state index contributed by atoms with van der Waals surface area (Å²) in [6, 6.07) is 0. The zero-order chi connectivity index (χ0) is 15.2. The van der Waals surface area contributed by atoms with Crippen molar-refractivity contribution in [3.63, 3.8) is 0 Å². The number of azo groups is 1. The number of thiocarbonyl (C=S) groups is 1. The zero-order valence-electron chi connectivity index (χ0n) is 12.5. The lowest BCUT2D eigenvalue weighted by Gasteiger charge is -2.25. The van der Waals surface area contributed by atoms with E-state index >= 15 is 0 Å². The van der Waals surface area contributed by atoms with Crippen LogP contribution in [-0.4, -0.2) is 22.1 Å². The molecule has 0 aromatic heterocycles. The Kier molecular flexibility index (Phi) is 5.66. The smallest absolute Gasteiger partial charge is 0.202 e. The molecule has 0 amide bonds. The molecule has 0 aromatic rings. The second kappa shape index (κ2) is 6.82. The van der Waals surface area contributed by atoms with E-state index in [2.05, 4.69) is 20.4 Å². The summed E-state index contributed by atoms with van der Waals surface area (Å²) >= 11 is 4.73. The van der Waals surface area contributed by atoms with Gasteiger partial charge in [-0.05, 0) is 52.4 Å². The number of carbonyl (C=O) groups excluding carboxylic acids is 1. The normalized spacial score (nSPS) is 22.5. The number of aliphatic imine (C=N–C) groups is 1. The van der Waals surface area contributed by atoms with Crippen LogP contribution in [0.15, 0.2) is 39.0 Å². The highest BCUT2D eigenvalue weighted by molar-refractivity contribution is 7.78. The highest BCUT2D eigenvalue weighted by atomic mass is 32.1. The SMILES string of the molecule is CC(=O)CCC1=CC=CC(N=C=S)(N=NC(C)(C)C)C1. The van der Waals surface area contributed by atoms with E-state index in [9.17, 15) is 4.79 Å². The van der Waals surface area contributed by atoms with Gasteiger partial charge in [-0.2, -0.15) is 15.2 Å². The molecule has 0 saturated carbocycles. The number of allylic oxidation sites excluding steroid dienone is 2. The first kappa shape index (κ1) is 16.6. The van der Waals surface area contributed by atoms with Gasteiger partial charge in [-0.15, -0.1) is 0 Å². The molecule has 0 heterocycles. The Morgan fingerprint density at radius 2 is 2.20 bits per heavy atom. The number of hydrogen-bond acceptors (Lipinski definition) is 5. The molecule has 0 spiro atoms. The van der Waals surface area contributed by atoms with Gasteiger partial charge in [-0.25, -0.2) is 0 Å². The summed E-state index contributed by atoms with van der Waals surface area (Å²) in [5.74, 6) is 0.181. The van der Waals surface area contributed by atoms with Crippen LogP contribution in [0.1, 0.15) is 47.0 Å². The van der Waals surface area contributed by atoms with Gasteiger partial charge in [0.1, 0.15) is 5.78 Å². The molecular weight excluding hydrogens is 270 g/mol. The predicted molar refractivity (Wildman–Crippen MR) is 84.1 cm³/mol. The monoisotopic (exact) mass is 291 g/mol. The van der Waals surface area contributed by atoms with Crippen molar-refractivity contribution in [2.45, 2.75) is 58.2 Å². The van der Waals surface area contributed by atoms with Crippen LogP contribution < -0.4 is 0 Å². The first-order valence-electron chi connectivity index (χ1n) is 6.66. The van der Waals surface area contributed by atoms with Gasteiger partial charge in [0.05, 0.1) is 10.7 Å². The van der Waals surface area contributed by atoms with Crippen molar-refractivity contribution in [3.8, 4) is 0 Å². The number of nitrogens with zero attached hydrogens (tertiary/aromatic N) is 3. The third-order valence-corrected chi connectivity index (χ3v) is 2.83. The van der Waals surface area contributed by atoms with Crippen LogP contribution in [0.4, 0.5) is 0 Å². The van der Waals surface area contributed by atoms with E-state index in [-0.39, 0.29) is 11.3 Å². The third-order valence-electron chi connectivity index (χ3n) is 2.74. The maximum Gasteiger partial charge on any atom is 0.202 e. The van der Waals surface area contributed by atoms with Crippen LogP contribution in [0.5, 0.6) is 0 Å². The van der Waals surface area contributed by atoms with Gasteiger partial charge in [0.15, 0.2) is 0 Å². The van der Waals surface area contributed by atoms with Crippen LogP contribution in [0, 0.1) is 0 Å². The average molecular weight is 291 g/mol. The van der Waals surface area contributed by atoms with Crippen molar-refractivity contribution in [2.75, 3.05) is 0 Å². The molecule has 1 unspecified atom stereocenters. The summed E-state index contributed by atoms with van der Waals surface area (Å²) in [6.07, 6.45) is 7.63. The standard InChI is InChI=1S/C15H21N3OS/c1-12(19)7-8-13-6-5-9-15(10-13,16-11-20)18-17-14(2,3)4/h5-6,9H,7-8,10H2,1-4H3. The summed E-state index contributed by atoms with van der Waals surface area (Å²) in [5, 5.41) is 11.1. The molecule has 0 radical (unpaired) electrons. The van der Waals surface area contributed by atoms with Crippen LogP contribution in [0.3, 0.4) is 0 Å². The van der Waals surface area contributed by atoms with Gasteiger partial charge in [0.2, 0.25) is 5.66 Å². The predicted octanol–water partition coefficient (Wildman–Crippen LogP) is 4.29. The quantitative estimate of drug-likeness (QED) is 0.431. The Balaban J connectivity index is 2.91. The lowest BCUT2D eigenvalue weighted by molar-refractivity contribution is -0.116. The number of isothiocyanates is 1. The van der Waals surface area contributed by atoms with E-state index in [1.54, 1.807) is 6.92 Å². The van der Waals surface area contributed by atoms with E-state index in [4.69, 9.17) is 12.2 Å². The fraction of sp³-hybridized carbons (Fsp3) is 0.600. The van der Waals surface area contributed by atoms with Crippen molar-refractivity contribution in [2.24, 2.45) is 15.2 Å². The fourth-order valence-corrected chi connectivity index (χ4v) is 1.94. The van der Waals surface area contributed by atoms with E-state index in [1.165, 1.54) is 0 Å². The van der Waals surface area contributed by atoms with Crippen LogP contribution in [0.25, 0.3) is 0 Å². The highest BCUT2D eigenvalue weighted by Gasteiger charge is 2.30. The van der Waals surface area contributed by atoms with Gasteiger partial charge < -0.3 is 4.79 Å². The molecule has 0 saturated heterocycles. The lowest BCUT2D eigenvalue weighted by atomic mass is 9.92. The second-order valence-corrected chi connectivity index (χ2v) is 6.20. The summed E-state index contributed by atoms with van der Waals surface area (Å²) in [7, 11) is 0. The van der Waals surface area contributed by atoms with Crippen LogP contribution in [-0.2, 0) is 4.79 Å². The van der Waals surface area contributed by atoms with Crippen molar-refractivity contribution >= 4 is 23.2 Å². The molecule has 0 bridgehead atoms. The largest absolute Gasteiger partial charge is 0.300 e. The Hall–Kier alpha value is -1.45. The van der Waals surface area contributed by atoms with E-state index in [1.807, 2.05) is 39.0 Å². The first-order chi connectivity index (χ1) is 9.26. The Morgan fingerprint density at radius 3 is 2.75 bits per heavy atom. The Labute approximate surface area is 125 Å². The average Bonchev–Trinajstić information content (AvgIpc) is 2.34. The van der Waals surface area contributed by atoms with Gasteiger partial charge >= 0.3 is 0 Å². The zero-order valence-corrected chi connectivity index (χ0v) is 13.3. The van der Waals surface area contributed by atoms with Crippen molar-refractivity contribution in [1.29, 1.82) is 0 Å². The number of Topliss-reactive ketones (excluding diaryl/α,β-unsaturated/α-hetero) is 1. The van der Waals surface area contributed by atoms with E-state index in [0.717, 1.165) is 12.0 Å². The van der Waals surface area contributed by atoms with Crippen LogP contribution >= 0.6 is 12.2 Å². The Bertz CT molecular complexity index is 508. The number of rotatable bonds is 5. The first-order valence-corrected chi connectivity index (χ1v) is 7.07. The van der Waals surface area contributed by atoms with Gasteiger partial charge in [-0.1, -0.05) is 17.7 Å². The molecule has 1 aliphatic carbocycles. The Morgan fingerprint density at radius 1 is 1.50 bits per heavy atom. The highest BCUT2D eigenvalue weighted by Crippen LogP contribution is 2.31. The minimum absolute atomic E-state index is 0.181. The van der Waals surface area contributed by atoms with E-state index in [0.29, 0.717) is 12.8 Å². The molecule has 0 N–H and O–H groups in total. The van der Waals surface area contributed by atoms with Gasteiger partial charge in [0, 0.05) is 12.8 Å². The number of hydrogen-bond donors (Lipinski definition) is 0. The molecule has 0 aromatic carbocycles. The van der Waals surface area contributed by atoms with Crippen molar-refractivity contribution in [3.05, 3.63) is 23.8 Å². The molecule has 1 atom stereocenters. The van der Waals surface area contributed by atoms with Gasteiger partial charge in [-0.3, -0.25) is 0 Å². The topological polar surface area (TPSA) is 54.1 Å². The molecule has 5 heteroatoms. The molecule has 4 nitrogen and oxygen atoms in total. The van der Waals surface area contributed by atoms with Crippen molar-refractivity contribution < 1.29 is 4.79 Å². The summed E-state index contributed by atoms with van der Waals surface area (Å²) in [5.41, 5.74) is 0.0681. The minimum Gasteiger partial charge on any atom is -0.300 e. The molecule has 0 fully saturated rings.